The van der Waals surface area contributed by atoms with Gasteiger partial charge in [0.25, 0.3) is 5.91 Å². The van der Waals surface area contributed by atoms with Gasteiger partial charge < -0.3 is 5.11 Å². The van der Waals surface area contributed by atoms with Crippen LogP contribution in [0.25, 0.3) is 10.8 Å². The van der Waals surface area contributed by atoms with Crippen molar-refractivity contribution in [3.05, 3.63) is 65.3 Å². The number of phenolic OH excluding ortho intramolecular Hbond substituents is 1. The molecule has 1 amide bonds. The second kappa shape index (κ2) is 8.83. The van der Waals surface area contributed by atoms with E-state index < -0.39 is 5.91 Å². The van der Waals surface area contributed by atoms with Gasteiger partial charge in [-0.3, -0.25) is 4.79 Å². The van der Waals surface area contributed by atoms with Crippen LogP contribution in [0.2, 0.25) is 0 Å². The summed E-state index contributed by atoms with van der Waals surface area (Å²) in [5.74, 6) is -0.491. The molecule has 0 saturated heterocycles. The number of nitrogens with one attached hydrogen (secondary N) is 1. The lowest BCUT2D eigenvalue weighted by molar-refractivity contribution is 0.0952. The molecule has 0 aromatic heterocycles. The number of phenols is 1. The summed E-state index contributed by atoms with van der Waals surface area (Å²) in [6.45, 7) is 6.19. The molecule has 25 heavy (non-hydrogen) atoms. The Labute approximate surface area is 148 Å². The Morgan fingerprint density at radius 1 is 1.16 bits per heavy atom. The van der Waals surface area contributed by atoms with Gasteiger partial charge in [-0.15, -0.1) is 0 Å². The predicted octanol–water partition coefficient (Wildman–Crippen LogP) is 4.95. The van der Waals surface area contributed by atoms with Crippen molar-refractivity contribution in [2.75, 3.05) is 0 Å². The van der Waals surface area contributed by atoms with E-state index in [1.54, 1.807) is 18.3 Å². The van der Waals surface area contributed by atoms with Gasteiger partial charge in [0, 0.05) is 6.21 Å². The van der Waals surface area contributed by atoms with Gasteiger partial charge in [0.1, 0.15) is 5.75 Å². The van der Waals surface area contributed by atoms with E-state index in [2.05, 4.69) is 30.5 Å². The number of carbonyl (C=O) groups is 1. The third-order valence-electron chi connectivity index (χ3n) is 3.80. The number of hydrogen-bond donors (Lipinski definition) is 2. The molecule has 0 unspecified atom stereocenters. The van der Waals surface area contributed by atoms with Crippen LogP contribution < -0.4 is 5.43 Å². The Morgan fingerprint density at radius 2 is 1.84 bits per heavy atom. The number of fused-ring (bicyclic) bond motifs is 1. The molecule has 0 aliphatic rings. The Kier molecular flexibility index (Phi) is 6.52. The van der Waals surface area contributed by atoms with E-state index in [4.69, 9.17) is 0 Å². The molecule has 0 atom stereocenters. The summed E-state index contributed by atoms with van der Waals surface area (Å²) in [6.07, 6.45) is 7.58. The molecule has 2 rings (SSSR count). The number of allylic oxidation sites excluding steroid dienone is 4. The van der Waals surface area contributed by atoms with Crippen LogP contribution in [0.15, 0.2) is 64.8 Å². The molecule has 2 aromatic carbocycles. The standard InChI is InChI=1S/C21H24N2O2/c1-15(2)7-6-8-16(3)11-12-22-23-21(25)19-13-17-9-4-5-10-18(17)14-20(19)24/h4-5,7,9-14,24H,6,8H2,1-3H3,(H,23,25). The van der Waals surface area contributed by atoms with E-state index in [1.165, 1.54) is 11.1 Å². The largest absolute Gasteiger partial charge is 0.507 e. The number of amides is 1. The highest BCUT2D eigenvalue weighted by Gasteiger charge is 2.11. The fraction of sp³-hybridized carbons (Fsp3) is 0.238. The molecule has 2 aromatic rings. The third kappa shape index (κ3) is 5.60. The van der Waals surface area contributed by atoms with Crippen LogP contribution in [0, 0.1) is 0 Å². The van der Waals surface area contributed by atoms with Gasteiger partial charge in [-0.1, -0.05) is 41.5 Å². The minimum absolute atomic E-state index is 0.0557. The molecule has 0 fully saturated rings. The first kappa shape index (κ1) is 18.5. The first-order chi connectivity index (χ1) is 12.0. The van der Waals surface area contributed by atoms with Crippen molar-refractivity contribution in [3.63, 3.8) is 0 Å². The van der Waals surface area contributed by atoms with Crippen LogP contribution in [0.5, 0.6) is 5.75 Å². The van der Waals surface area contributed by atoms with Crippen molar-refractivity contribution in [2.24, 2.45) is 5.10 Å². The van der Waals surface area contributed by atoms with Crippen molar-refractivity contribution >= 4 is 22.9 Å². The number of benzene rings is 2. The molecular weight excluding hydrogens is 312 g/mol. The highest BCUT2D eigenvalue weighted by Crippen LogP contribution is 2.24. The molecule has 4 nitrogen and oxygen atoms in total. The fourth-order valence-corrected chi connectivity index (χ4v) is 2.40. The SMILES string of the molecule is CC(C)=CCCC(C)=CC=NNC(=O)c1cc2ccccc2cc1O. The minimum atomic E-state index is -0.435. The Bertz CT molecular complexity index is 844. The second-order valence-corrected chi connectivity index (χ2v) is 6.27. The highest BCUT2D eigenvalue weighted by molar-refractivity contribution is 6.01. The molecular formula is C21H24N2O2. The number of carbonyl (C=O) groups excluding carboxylic acids is 1. The lowest BCUT2D eigenvalue weighted by atomic mass is 10.1. The maximum absolute atomic E-state index is 12.2. The van der Waals surface area contributed by atoms with Crippen LogP contribution in [-0.2, 0) is 0 Å². The molecule has 0 aliphatic heterocycles. The van der Waals surface area contributed by atoms with Crippen LogP contribution in [0.3, 0.4) is 0 Å². The molecule has 130 valence electrons. The topological polar surface area (TPSA) is 61.7 Å². The first-order valence-corrected chi connectivity index (χ1v) is 8.31. The zero-order valence-corrected chi connectivity index (χ0v) is 14.9. The summed E-state index contributed by atoms with van der Waals surface area (Å²) in [7, 11) is 0. The lowest BCUT2D eigenvalue weighted by Gasteiger charge is -2.05. The van der Waals surface area contributed by atoms with Gasteiger partial charge >= 0.3 is 0 Å². The number of hydrogen-bond acceptors (Lipinski definition) is 3. The van der Waals surface area contributed by atoms with Crippen LogP contribution in [0.1, 0.15) is 44.0 Å². The average molecular weight is 336 g/mol. The molecule has 4 heteroatoms. The first-order valence-electron chi connectivity index (χ1n) is 8.31. The Balaban J connectivity index is 1.98. The van der Waals surface area contributed by atoms with Crippen molar-refractivity contribution in [3.8, 4) is 5.75 Å². The fourth-order valence-electron chi connectivity index (χ4n) is 2.40. The summed E-state index contributed by atoms with van der Waals surface area (Å²) in [5, 5.41) is 15.7. The summed E-state index contributed by atoms with van der Waals surface area (Å²) >= 11 is 0. The van der Waals surface area contributed by atoms with Gasteiger partial charge in [0.05, 0.1) is 5.56 Å². The lowest BCUT2D eigenvalue weighted by Crippen LogP contribution is -2.17. The average Bonchev–Trinajstić information content (AvgIpc) is 2.57. The van der Waals surface area contributed by atoms with Crippen molar-refractivity contribution in [1.29, 1.82) is 0 Å². The monoisotopic (exact) mass is 336 g/mol. The molecule has 0 radical (unpaired) electrons. The van der Waals surface area contributed by atoms with Gasteiger partial charge in [-0.25, -0.2) is 5.43 Å². The maximum atomic E-state index is 12.2. The summed E-state index contributed by atoms with van der Waals surface area (Å²) in [6, 6.07) is 10.8. The number of hydrazone groups is 1. The molecule has 0 heterocycles. The zero-order chi connectivity index (χ0) is 18.2. The third-order valence-corrected chi connectivity index (χ3v) is 3.80. The summed E-state index contributed by atoms with van der Waals surface area (Å²) in [5.41, 5.74) is 5.15. The van der Waals surface area contributed by atoms with Crippen LogP contribution in [0.4, 0.5) is 0 Å². The van der Waals surface area contributed by atoms with E-state index in [1.807, 2.05) is 37.3 Å². The molecule has 0 aliphatic carbocycles. The van der Waals surface area contributed by atoms with Gasteiger partial charge in [0.15, 0.2) is 0 Å². The predicted molar refractivity (Wildman–Crippen MR) is 104 cm³/mol. The normalized spacial score (nSPS) is 11.7. The molecule has 0 spiro atoms. The van der Waals surface area contributed by atoms with Crippen LogP contribution in [-0.4, -0.2) is 17.2 Å². The van der Waals surface area contributed by atoms with Gasteiger partial charge in [0.2, 0.25) is 0 Å². The highest BCUT2D eigenvalue weighted by atomic mass is 16.3. The van der Waals surface area contributed by atoms with E-state index in [0.29, 0.717) is 0 Å². The smallest absolute Gasteiger partial charge is 0.275 e. The minimum Gasteiger partial charge on any atom is -0.507 e. The molecule has 0 saturated carbocycles. The molecule has 2 N–H and O–H groups in total. The Hall–Kier alpha value is -2.88. The van der Waals surface area contributed by atoms with Crippen molar-refractivity contribution in [1.82, 2.24) is 5.43 Å². The second-order valence-electron chi connectivity index (χ2n) is 6.27. The maximum Gasteiger partial charge on any atom is 0.275 e. The van der Waals surface area contributed by atoms with Gasteiger partial charge in [-0.05, 0) is 62.6 Å². The number of nitrogens with zero attached hydrogens (tertiary/aromatic N) is 1. The van der Waals surface area contributed by atoms with E-state index in [0.717, 1.165) is 23.6 Å². The Morgan fingerprint density at radius 3 is 2.52 bits per heavy atom. The quantitative estimate of drug-likeness (QED) is 0.445. The van der Waals surface area contributed by atoms with E-state index in [9.17, 15) is 9.90 Å². The van der Waals surface area contributed by atoms with Crippen LogP contribution >= 0.6 is 0 Å². The number of aromatic hydroxyl groups is 1. The summed E-state index contributed by atoms with van der Waals surface area (Å²) < 4.78 is 0. The van der Waals surface area contributed by atoms with E-state index in [-0.39, 0.29) is 11.3 Å². The van der Waals surface area contributed by atoms with Crippen molar-refractivity contribution < 1.29 is 9.90 Å². The zero-order valence-electron chi connectivity index (χ0n) is 14.9. The number of rotatable bonds is 6. The van der Waals surface area contributed by atoms with Crippen molar-refractivity contribution in [2.45, 2.75) is 33.6 Å². The summed E-state index contributed by atoms with van der Waals surface area (Å²) in [4.78, 5) is 12.2. The van der Waals surface area contributed by atoms with E-state index >= 15 is 0 Å². The molecule has 0 bridgehead atoms. The van der Waals surface area contributed by atoms with Gasteiger partial charge in [-0.2, -0.15) is 5.10 Å².